The van der Waals surface area contributed by atoms with E-state index in [0.29, 0.717) is 13.3 Å². The molecule has 0 amide bonds. The Kier molecular flexibility index (Phi) is 5.10. The van der Waals surface area contributed by atoms with Gasteiger partial charge in [0.15, 0.2) is 13.3 Å². The lowest BCUT2D eigenvalue weighted by Gasteiger charge is -2.25. The first-order valence-corrected chi connectivity index (χ1v) is 8.71. The number of hydrogen-bond acceptors (Lipinski definition) is 2. The van der Waals surface area contributed by atoms with Gasteiger partial charge in [-0.2, -0.15) is 0 Å². The van der Waals surface area contributed by atoms with E-state index in [4.69, 9.17) is 0 Å². The number of rotatable bonds is 4. The zero-order valence-corrected chi connectivity index (χ0v) is 13.4. The SMILES string of the molecule is O=c1ccn(C[NH+]2CCCCC2)c(=O)n1C[NH+]1CCCCC1. The van der Waals surface area contributed by atoms with Gasteiger partial charge in [-0.3, -0.25) is 9.36 Å². The molecule has 2 fully saturated rings. The molecule has 0 atom stereocenters. The highest BCUT2D eigenvalue weighted by atomic mass is 16.2. The van der Waals surface area contributed by atoms with Crippen LogP contribution in [0.15, 0.2) is 21.9 Å². The minimum absolute atomic E-state index is 0.136. The van der Waals surface area contributed by atoms with Gasteiger partial charge in [-0.15, -0.1) is 0 Å². The predicted molar refractivity (Wildman–Crippen MR) is 84.1 cm³/mol. The van der Waals surface area contributed by atoms with Gasteiger partial charge < -0.3 is 9.80 Å². The van der Waals surface area contributed by atoms with Gasteiger partial charge in [-0.1, -0.05) is 0 Å². The molecule has 6 heteroatoms. The van der Waals surface area contributed by atoms with Crippen molar-refractivity contribution in [1.29, 1.82) is 0 Å². The molecule has 22 heavy (non-hydrogen) atoms. The summed E-state index contributed by atoms with van der Waals surface area (Å²) in [4.78, 5) is 27.5. The Hall–Kier alpha value is -1.40. The monoisotopic (exact) mass is 308 g/mol. The summed E-state index contributed by atoms with van der Waals surface area (Å²) in [7, 11) is 0. The van der Waals surface area contributed by atoms with Crippen molar-refractivity contribution >= 4 is 0 Å². The van der Waals surface area contributed by atoms with Gasteiger partial charge in [-0.25, -0.2) is 9.36 Å². The van der Waals surface area contributed by atoms with Gasteiger partial charge in [0.2, 0.25) is 0 Å². The second-order valence-electron chi connectivity index (χ2n) is 6.77. The summed E-state index contributed by atoms with van der Waals surface area (Å²) in [5, 5.41) is 0. The van der Waals surface area contributed by atoms with Crippen LogP contribution in [-0.4, -0.2) is 35.3 Å². The molecule has 0 aromatic carbocycles. The number of hydrogen-bond donors (Lipinski definition) is 2. The summed E-state index contributed by atoms with van der Waals surface area (Å²) in [6, 6.07) is 1.55. The van der Waals surface area contributed by atoms with Crippen LogP contribution >= 0.6 is 0 Å². The van der Waals surface area contributed by atoms with E-state index >= 15 is 0 Å². The molecule has 0 spiro atoms. The summed E-state index contributed by atoms with van der Waals surface area (Å²) in [5.41, 5.74) is -0.295. The number of nitrogens with one attached hydrogen (secondary N) is 2. The lowest BCUT2D eigenvalue weighted by atomic mass is 10.1. The zero-order chi connectivity index (χ0) is 15.4. The molecule has 122 valence electrons. The third-order valence-electron chi connectivity index (χ3n) is 5.04. The molecule has 1 aromatic heterocycles. The number of piperidine rings is 2. The van der Waals surface area contributed by atoms with Crippen LogP contribution in [0.5, 0.6) is 0 Å². The maximum absolute atomic E-state index is 12.6. The number of aromatic nitrogens is 2. The molecule has 0 bridgehead atoms. The number of likely N-dealkylation sites (tertiary alicyclic amines) is 2. The lowest BCUT2D eigenvalue weighted by molar-refractivity contribution is -0.929. The second kappa shape index (κ2) is 7.24. The highest BCUT2D eigenvalue weighted by Crippen LogP contribution is 1.95. The molecular weight excluding hydrogens is 280 g/mol. The van der Waals surface area contributed by atoms with Crippen LogP contribution in [0.4, 0.5) is 0 Å². The van der Waals surface area contributed by atoms with Crippen molar-refractivity contribution in [3.8, 4) is 0 Å². The molecule has 3 heterocycles. The highest BCUT2D eigenvalue weighted by Gasteiger charge is 2.19. The van der Waals surface area contributed by atoms with Gasteiger partial charge in [0.05, 0.1) is 26.2 Å². The molecule has 0 unspecified atom stereocenters. The smallest absolute Gasteiger partial charge is 0.317 e. The van der Waals surface area contributed by atoms with Gasteiger partial charge in [0.1, 0.15) is 0 Å². The molecule has 0 radical (unpaired) electrons. The van der Waals surface area contributed by atoms with Gasteiger partial charge >= 0.3 is 5.69 Å². The van der Waals surface area contributed by atoms with Crippen molar-refractivity contribution in [3.63, 3.8) is 0 Å². The van der Waals surface area contributed by atoms with Crippen molar-refractivity contribution in [2.45, 2.75) is 51.9 Å². The first kappa shape index (κ1) is 15.5. The molecule has 2 aliphatic heterocycles. The fraction of sp³-hybridized carbons (Fsp3) is 0.750. The quantitative estimate of drug-likeness (QED) is 0.680. The fourth-order valence-electron chi connectivity index (χ4n) is 3.71. The van der Waals surface area contributed by atoms with E-state index in [0.717, 1.165) is 26.2 Å². The number of quaternary nitrogens is 2. The summed E-state index contributed by atoms with van der Waals surface area (Å²) in [6.45, 7) is 5.60. The Morgan fingerprint density at radius 3 is 1.95 bits per heavy atom. The third kappa shape index (κ3) is 3.67. The lowest BCUT2D eigenvalue weighted by Crippen LogP contribution is -3.13. The molecule has 2 aliphatic rings. The van der Waals surface area contributed by atoms with Crippen LogP contribution in [0.1, 0.15) is 38.5 Å². The molecule has 0 saturated carbocycles. The highest BCUT2D eigenvalue weighted by molar-refractivity contribution is 4.85. The van der Waals surface area contributed by atoms with E-state index in [9.17, 15) is 9.59 Å². The standard InChI is InChI=1S/C16H26N4O2/c21-15-7-12-19(13-17-8-3-1-4-9-17)16(22)20(15)14-18-10-5-2-6-11-18/h7,12H,1-6,8-11,13-14H2/p+2. The molecule has 1 aromatic rings. The average molecular weight is 308 g/mol. The van der Waals surface area contributed by atoms with E-state index in [1.165, 1.54) is 52.9 Å². The van der Waals surface area contributed by atoms with Crippen molar-refractivity contribution in [1.82, 2.24) is 9.13 Å². The Labute approximate surface area is 131 Å². The molecule has 2 saturated heterocycles. The topological polar surface area (TPSA) is 52.9 Å². The van der Waals surface area contributed by atoms with Crippen LogP contribution in [-0.2, 0) is 13.3 Å². The molecule has 2 N–H and O–H groups in total. The molecule has 3 rings (SSSR count). The van der Waals surface area contributed by atoms with Crippen LogP contribution in [0.25, 0.3) is 0 Å². The number of nitrogens with zero attached hydrogens (tertiary/aromatic N) is 2. The summed E-state index contributed by atoms with van der Waals surface area (Å²) in [6.07, 6.45) is 9.12. The van der Waals surface area contributed by atoms with E-state index in [1.54, 1.807) is 16.8 Å². The summed E-state index contributed by atoms with van der Waals surface area (Å²) < 4.78 is 3.16. The van der Waals surface area contributed by atoms with Crippen molar-refractivity contribution in [3.05, 3.63) is 33.1 Å². The van der Waals surface area contributed by atoms with Gasteiger partial charge in [-0.05, 0) is 38.5 Å². The Bertz CT molecular complexity index is 595. The second-order valence-corrected chi connectivity index (χ2v) is 6.77. The molecule has 0 aliphatic carbocycles. The van der Waals surface area contributed by atoms with Crippen LogP contribution in [0.3, 0.4) is 0 Å². The summed E-state index contributed by atoms with van der Waals surface area (Å²) in [5.74, 6) is 0. The Morgan fingerprint density at radius 2 is 1.36 bits per heavy atom. The minimum Gasteiger partial charge on any atom is -0.317 e. The van der Waals surface area contributed by atoms with Crippen molar-refractivity contribution in [2.24, 2.45) is 0 Å². The predicted octanol–water partition coefficient (Wildman–Crippen LogP) is -1.94. The van der Waals surface area contributed by atoms with Gasteiger partial charge in [0.25, 0.3) is 5.56 Å². The normalized spacial score (nSPS) is 21.1. The third-order valence-corrected chi connectivity index (χ3v) is 5.04. The minimum atomic E-state index is -0.159. The Morgan fingerprint density at radius 1 is 0.818 bits per heavy atom. The first-order valence-electron chi connectivity index (χ1n) is 8.71. The fourth-order valence-corrected chi connectivity index (χ4v) is 3.71. The van der Waals surface area contributed by atoms with E-state index in [-0.39, 0.29) is 11.2 Å². The van der Waals surface area contributed by atoms with E-state index < -0.39 is 0 Å². The molecular formula is C16H28N4O2+2. The maximum Gasteiger partial charge on any atom is 0.339 e. The van der Waals surface area contributed by atoms with Crippen molar-refractivity contribution < 1.29 is 9.80 Å². The van der Waals surface area contributed by atoms with Crippen LogP contribution in [0, 0.1) is 0 Å². The largest absolute Gasteiger partial charge is 0.339 e. The maximum atomic E-state index is 12.6. The first-order chi connectivity index (χ1) is 10.7. The van der Waals surface area contributed by atoms with Crippen molar-refractivity contribution in [2.75, 3.05) is 26.2 Å². The Balaban J connectivity index is 1.75. The summed E-state index contributed by atoms with van der Waals surface area (Å²) >= 11 is 0. The van der Waals surface area contributed by atoms with E-state index in [2.05, 4.69) is 0 Å². The van der Waals surface area contributed by atoms with Gasteiger partial charge in [0, 0.05) is 12.3 Å². The van der Waals surface area contributed by atoms with Crippen LogP contribution < -0.4 is 21.0 Å². The van der Waals surface area contributed by atoms with Crippen LogP contribution in [0.2, 0.25) is 0 Å². The zero-order valence-electron chi connectivity index (χ0n) is 13.4. The average Bonchev–Trinajstić information content (AvgIpc) is 2.56. The van der Waals surface area contributed by atoms with E-state index in [1.807, 2.05) is 0 Å². The molecule has 6 nitrogen and oxygen atoms in total.